The van der Waals surface area contributed by atoms with E-state index in [1.165, 1.54) is 6.20 Å². The van der Waals surface area contributed by atoms with Crippen LogP contribution >= 0.6 is 23.2 Å². The van der Waals surface area contributed by atoms with E-state index in [0.717, 1.165) is 0 Å². The second-order valence-electron chi connectivity index (χ2n) is 3.73. The van der Waals surface area contributed by atoms with Crippen molar-refractivity contribution in [2.75, 3.05) is 0 Å². The Morgan fingerprint density at radius 3 is 2.94 bits per heavy atom. The first kappa shape index (κ1) is 11.4. The summed E-state index contributed by atoms with van der Waals surface area (Å²) in [6, 6.07) is 0.627. The van der Waals surface area contributed by atoms with Crippen molar-refractivity contribution in [2.45, 2.75) is 17.8 Å². The number of nitrogens with zero attached hydrogens (tertiary/aromatic N) is 2. The highest BCUT2D eigenvalue weighted by Gasteiger charge is 2.37. The van der Waals surface area contributed by atoms with Crippen molar-refractivity contribution in [3.05, 3.63) is 28.0 Å². The summed E-state index contributed by atoms with van der Waals surface area (Å²) < 4.78 is 0. The number of aliphatic carboxylic acids is 1. The molecule has 0 spiro atoms. The molecule has 0 aliphatic carbocycles. The molecular weight excluding hydrogens is 251 g/mol. The van der Waals surface area contributed by atoms with Crippen LogP contribution in [0, 0.1) is 0 Å². The van der Waals surface area contributed by atoms with E-state index < -0.39 is 16.9 Å². The number of aromatic nitrogens is 1. The van der Waals surface area contributed by atoms with E-state index >= 15 is 0 Å². The van der Waals surface area contributed by atoms with Gasteiger partial charge in [0.15, 0.2) is 11.5 Å². The van der Waals surface area contributed by atoms with Crippen LogP contribution in [0.25, 0.3) is 6.08 Å². The van der Waals surface area contributed by atoms with Crippen LogP contribution < -0.4 is 10.7 Å². The number of carboxylic acids is 1. The monoisotopic (exact) mass is 258 g/mol. The minimum atomic E-state index is -1.07. The van der Waals surface area contributed by atoms with Gasteiger partial charge < -0.3 is 5.11 Å². The summed E-state index contributed by atoms with van der Waals surface area (Å²) >= 11 is 11.9. The van der Waals surface area contributed by atoms with Crippen LogP contribution in [0.5, 0.6) is 0 Å². The maximum atomic E-state index is 11.0. The number of rotatable bonds is 1. The Balaban J connectivity index is 2.71. The minimum absolute atomic E-state index is 0.356. The van der Waals surface area contributed by atoms with Crippen LogP contribution in [0.4, 0.5) is 0 Å². The maximum absolute atomic E-state index is 11.0. The number of halogens is 2. The Labute approximate surface area is 101 Å². The Bertz CT molecular complexity index is 569. The second kappa shape index (κ2) is 3.71. The van der Waals surface area contributed by atoms with Crippen molar-refractivity contribution in [3.8, 4) is 0 Å². The number of pyridine rings is 1. The van der Waals surface area contributed by atoms with Crippen molar-refractivity contribution >= 4 is 35.2 Å². The van der Waals surface area contributed by atoms with Crippen LogP contribution in [0.15, 0.2) is 17.3 Å². The van der Waals surface area contributed by atoms with Gasteiger partial charge in [0.2, 0.25) is 0 Å². The highest BCUT2D eigenvalue weighted by molar-refractivity contribution is 6.31. The van der Waals surface area contributed by atoms with Crippen LogP contribution in [-0.4, -0.2) is 27.0 Å². The third-order valence-electron chi connectivity index (χ3n) is 2.32. The van der Waals surface area contributed by atoms with E-state index in [0.29, 0.717) is 15.7 Å². The van der Waals surface area contributed by atoms with Crippen molar-refractivity contribution in [1.82, 2.24) is 4.98 Å². The molecule has 2 rings (SSSR count). The summed E-state index contributed by atoms with van der Waals surface area (Å²) in [6.45, 7) is 1.60. The van der Waals surface area contributed by atoms with Crippen LogP contribution in [0.1, 0.15) is 6.92 Å². The SMILES string of the molecule is CC1(Cl)C=c2cc(Cl)cnc2=NC1C(=O)O. The molecule has 2 heterocycles. The molecule has 0 bridgehead atoms. The van der Waals surface area contributed by atoms with Gasteiger partial charge in [0, 0.05) is 11.4 Å². The van der Waals surface area contributed by atoms with E-state index in [4.69, 9.17) is 28.3 Å². The van der Waals surface area contributed by atoms with Crippen molar-refractivity contribution in [1.29, 1.82) is 0 Å². The van der Waals surface area contributed by atoms with Gasteiger partial charge in [-0.25, -0.2) is 14.8 Å². The zero-order valence-corrected chi connectivity index (χ0v) is 9.83. The number of carboxylic acid groups (broad SMARTS) is 1. The zero-order chi connectivity index (χ0) is 11.9. The first-order valence-electron chi connectivity index (χ1n) is 4.54. The minimum Gasteiger partial charge on any atom is -0.480 e. The van der Waals surface area contributed by atoms with E-state index in [1.807, 2.05) is 0 Å². The van der Waals surface area contributed by atoms with Gasteiger partial charge in [0.25, 0.3) is 0 Å². The van der Waals surface area contributed by atoms with Gasteiger partial charge in [-0.05, 0) is 13.0 Å². The molecule has 0 saturated heterocycles. The zero-order valence-electron chi connectivity index (χ0n) is 8.32. The fourth-order valence-corrected chi connectivity index (χ4v) is 2.02. The molecule has 2 unspecified atom stereocenters. The van der Waals surface area contributed by atoms with E-state index in [1.54, 1.807) is 19.1 Å². The highest BCUT2D eigenvalue weighted by atomic mass is 35.5. The third-order valence-corrected chi connectivity index (χ3v) is 2.84. The molecular formula is C10H8Cl2N2O2. The lowest BCUT2D eigenvalue weighted by atomic mass is 9.98. The molecule has 16 heavy (non-hydrogen) atoms. The molecule has 1 aliphatic heterocycles. The van der Waals surface area contributed by atoms with Gasteiger partial charge in [-0.15, -0.1) is 11.6 Å². The summed E-state index contributed by atoms with van der Waals surface area (Å²) in [7, 11) is 0. The Morgan fingerprint density at radius 1 is 1.62 bits per heavy atom. The summed E-state index contributed by atoms with van der Waals surface area (Å²) in [4.78, 5) is 17.9. The number of carbonyl (C=O) groups is 1. The van der Waals surface area contributed by atoms with Crippen LogP contribution in [0.3, 0.4) is 0 Å². The number of alkyl halides is 1. The van der Waals surface area contributed by atoms with E-state index in [9.17, 15) is 4.79 Å². The molecule has 2 atom stereocenters. The van der Waals surface area contributed by atoms with E-state index in [2.05, 4.69) is 9.98 Å². The molecule has 1 aliphatic rings. The fourth-order valence-electron chi connectivity index (χ4n) is 1.59. The van der Waals surface area contributed by atoms with Crippen molar-refractivity contribution in [3.63, 3.8) is 0 Å². The molecule has 4 nitrogen and oxygen atoms in total. The summed E-state index contributed by atoms with van der Waals surface area (Å²) in [5.74, 6) is -1.07. The third kappa shape index (κ3) is 1.90. The van der Waals surface area contributed by atoms with Gasteiger partial charge in [-0.2, -0.15) is 0 Å². The van der Waals surface area contributed by atoms with E-state index in [-0.39, 0.29) is 0 Å². The molecule has 0 fully saturated rings. The Morgan fingerprint density at radius 2 is 2.31 bits per heavy atom. The van der Waals surface area contributed by atoms with Crippen molar-refractivity contribution < 1.29 is 9.90 Å². The molecule has 1 aromatic rings. The topological polar surface area (TPSA) is 62.5 Å². The lowest BCUT2D eigenvalue weighted by Crippen LogP contribution is -2.47. The predicted molar refractivity (Wildman–Crippen MR) is 60.2 cm³/mol. The average molecular weight is 259 g/mol. The van der Waals surface area contributed by atoms with Gasteiger partial charge in [-0.3, -0.25) is 0 Å². The number of fused-ring (bicyclic) bond motifs is 1. The largest absolute Gasteiger partial charge is 0.480 e. The van der Waals surface area contributed by atoms with Gasteiger partial charge >= 0.3 is 5.97 Å². The molecule has 1 aromatic heterocycles. The number of hydrogen-bond acceptors (Lipinski definition) is 3. The summed E-state index contributed by atoms with van der Waals surface area (Å²) in [5.41, 5.74) is 0.356. The number of hydrogen-bond donors (Lipinski definition) is 1. The lowest BCUT2D eigenvalue weighted by Gasteiger charge is -2.24. The predicted octanol–water partition coefficient (Wildman–Crippen LogP) is 0.599. The standard InChI is InChI=1S/C10H8Cl2N2O2/c1-10(12)3-5-2-6(11)4-13-8(5)14-7(10)9(15)16/h2-4,7H,1H3,(H,15,16). The van der Waals surface area contributed by atoms with Crippen molar-refractivity contribution in [2.24, 2.45) is 4.99 Å². The molecule has 0 radical (unpaired) electrons. The average Bonchev–Trinajstić information content (AvgIpc) is 2.14. The van der Waals surface area contributed by atoms with Gasteiger partial charge in [0.05, 0.1) is 9.90 Å². The fraction of sp³-hybridized carbons (Fsp3) is 0.300. The molecule has 1 N–H and O–H groups in total. The molecule has 6 heteroatoms. The maximum Gasteiger partial charge on any atom is 0.330 e. The first-order valence-corrected chi connectivity index (χ1v) is 5.30. The Kier molecular flexibility index (Phi) is 2.64. The quantitative estimate of drug-likeness (QED) is 0.751. The van der Waals surface area contributed by atoms with Crippen LogP contribution in [0.2, 0.25) is 5.02 Å². The van der Waals surface area contributed by atoms with Gasteiger partial charge in [-0.1, -0.05) is 17.7 Å². The summed E-state index contributed by atoms with van der Waals surface area (Å²) in [6.07, 6.45) is 3.04. The summed E-state index contributed by atoms with van der Waals surface area (Å²) in [5, 5.41) is 10.1. The molecule has 0 amide bonds. The molecule has 0 aromatic carbocycles. The van der Waals surface area contributed by atoms with Gasteiger partial charge in [0.1, 0.15) is 0 Å². The normalized spacial score (nSPS) is 27.6. The first-order chi connectivity index (χ1) is 7.40. The molecule has 84 valence electrons. The lowest BCUT2D eigenvalue weighted by molar-refractivity contribution is -0.138. The smallest absolute Gasteiger partial charge is 0.330 e. The molecule has 0 saturated carbocycles. The van der Waals surface area contributed by atoms with Crippen LogP contribution in [-0.2, 0) is 4.79 Å². The Hall–Kier alpha value is -1.13. The highest BCUT2D eigenvalue weighted by Crippen LogP contribution is 2.25. The second-order valence-corrected chi connectivity index (χ2v) is 4.98.